The number of carbonyl (C=O) groups is 1. The van der Waals surface area contributed by atoms with Crippen molar-refractivity contribution in [2.24, 2.45) is 5.92 Å². The molecule has 0 amide bonds. The lowest BCUT2D eigenvalue weighted by molar-refractivity contribution is -0.141. The van der Waals surface area contributed by atoms with E-state index >= 15 is 0 Å². The molecule has 1 aliphatic rings. The Morgan fingerprint density at radius 3 is 2.52 bits per heavy atom. The van der Waals surface area contributed by atoms with E-state index in [1.807, 2.05) is 23.3 Å². The van der Waals surface area contributed by atoms with Crippen LogP contribution in [0.5, 0.6) is 0 Å². The third-order valence-corrected chi connectivity index (χ3v) is 5.81. The van der Waals surface area contributed by atoms with Gasteiger partial charge in [-0.05, 0) is 30.1 Å². The Bertz CT molecular complexity index is 945. The number of nitriles is 1. The molecule has 1 N–H and O–H groups in total. The van der Waals surface area contributed by atoms with E-state index in [9.17, 15) is 15.2 Å². The van der Waals surface area contributed by atoms with Gasteiger partial charge in [-0.15, -0.1) is 0 Å². The fourth-order valence-electron chi connectivity index (χ4n) is 3.56. The molecule has 1 atom stereocenters. The van der Waals surface area contributed by atoms with Crippen LogP contribution >= 0.6 is 11.8 Å². The molecular weight excluding hydrogens is 384 g/mol. The second kappa shape index (κ2) is 8.42. The van der Waals surface area contributed by atoms with Gasteiger partial charge in [0, 0.05) is 18.7 Å². The first-order chi connectivity index (χ1) is 13.7. The topological polar surface area (TPSA) is 90.1 Å². The second-order valence-electron chi connectivity index (χ2n) is 8.32. The van der Waals surface area contributed by atoms with Crippen LogP contribution in [0.3, 0.4) is 0 Å². The highest BCUT2D eigenvalue weighted by Crippen LogP contribution is 2.33. The molecule has 6 nitrogen and oxygen atoms in total. The average molecular weight is 411 g/mol. The molecule has 0 spiro atoms. The first kappa shape index (κ1) is 21.1. The Balaban J connectivity index is 2.08. The van der Waals surface area contributed by atoms with E-state index in [-0.39, 0.29) is 5.41 Å². The number of hydrogen-bond acceptors (Lipinski definition) is 6. The molecule has 0 radical (unpaired) electrons. The fourth-order valence-corrected chi connectivity index (χ4v) is 3.92. The summed E-state index contributed by atoms with van der Waals surface area (Å²) in [4.78, 5) is 22.6. The summed E-state index contributed by atoms with van der Waals surface area (Å²) in [5.74, 6) is -0.712. The summed E-state index contributed by atoms with van der Waals surface area (Å²) in [5.41, 5.74) is 3.11. The van der Waals surface area contributed by atoms with Crippen molar-refractivity contribution in [3.8, 4) is 17.3 Å². The van der Waals surface area contributed by atoms with E-state index in [0.29, 0.717) is 41.7 Å². The van der Waals surface area contributed by atoms with Gasteiger partial charge in [0.05, 0.1) is 11.6 Å². The van der Waals surface area contributed by atoms with E-state index in [0.717, 1.165) is 12.0 Å². The van der Waals surface area contributed by atoms with Crippen LogP contribution < -0.4 is 4.90 Å². The molecule has 29 heavy (non-hydrogen) atoms. The third-order valence-electron chi connectivity index (χ3n) is 5.26. The molecule has 7 heteroatoms. The summed E-state index contributed by atoms with van der Waals surface area (Å²) < 4.78 is 0. The van der Waals surface area contributed by atoms with Crippen molar-refractivity contribution in [1.82, 2.24) is 9.97 Å². The minimum absolute atomic E-state index is 0.0392. The predicted molar refractivity (Wildman–Crippen MR) is 115 cm³/mol. The maximum Gasteiger partial charge on any atom is 0.308 e. The summed E-state index contributed by atoms with van der Waals surface area (Å²) >= 11 is 1.41. The third kappa shape index (κ3) is 4.54. The Morgan fingerprint density at radius 2 is 1.97 bits per heavy atom. The fraction of sp³-hybridized carbons (Fsp3) is 0.455. The SMILES string of the molecule is CSc1nc(-c2ccc(C(C)(C)C)cc2)c(C#N)c(N2CCCC(C(=O)O)C2)n1. The van der Waals surface area contributed by atoms with E-state index in [1.165, 1.54) is 17.3 Å². The van der Waals surface area contributed by atoms with Crippen LogP contribution in [0.1, 0.15) is 44.7 Å². The number of nitrogens with zero attached hydrogens (tertiary/aromatic N) is 4. The number of carboxylic acid groups (broad SMARTS) is 1. The predicted octanol–water partition coefficient (Wildman–Crippen LogP) is 4.34. The Kier molecular flexibility index (Phi) is 6.13. The minimum Gasteiger partial charge on any atom is -0.481 e. The van der Waals surface area contributed by atoms with Crippen LogP contribution in [0.2, 0.25) is 0 Å². The van der Waals surface area contributed by atoms with Gasteiger partial charge in [0.15, 0.2) is 11.0 Å². The Morgan fingerprint density at radius 1 is 1.28 bits per heavy atom. The molecular formula is C22H26N4O2S. The van der Waals surface area contributed by atoms with Gasteiger partial charge in [-0.1, -0.05) is 56.8 Å². The molecule has 1 aromatic heterocycles. The first-order valence-corrected chi connectivity index (χ1v) is 10.9. The van der Waals surface area contributed by atoms with E-state index in [1.54, 1.807) is 0 Å². The average Bonchev–Trinajstić information content (AvgIpc) is 2.72. The number of benzene rings is 1. The number of anilines is 1. The number of hydrogen-bond donors (Lipinski definition) is 1. The van der Waals surface area contributed by atoms with E-state index < -0.39 is 11.9 Å². The van der Waals surface area contributed by atoms with Gasteiger partial charge in [0.1, 0.15) is 11.6 Å². The monoisotopic (exact) mass is 410 g/mol. The zero-order valence-corrected chi connectivity index (χ0v) is 18.1. The van der Waals surface area contributed by atoms with Crippen molar-refractivity contribution in [3.05, 3.63) is 35.4 Å². The zero-order valence-electron chi connectivity index (χ0n) is 17.3. The lowest BCUT2D eigenvalue weighted by Crippen LogP contribution is -2.39. The minimum atomic E-state index is -0.801. The quantitative estimate of drug-likeness (QED) is 0.592. The summed E-state index contributed by atoms with van der Waals surface area (Å²) in [6, 6.07) is 10.4. The van der Waals surface area contributed by atoms with Gasteiger partial charge in [0.25, 0.3) is 0 Å². The highest BCUT2D eigenvalue weighted by molar-refractivity contribution is 7.98. The molecule has 152 valence electrons. The standard InChI is InChI=1S/C22H26N4O2S/c1-22(2,3)16-9-7-14(8-10-16)18-17(12-23)19(25-21(24-18)29-4)26-11-5-6-15(13-26)20(27)28/h7-10,15H,5-6,11,13H2,1-4H3,(H,27,28). The summed E-state index contributed by atoms with van der Waals surface area (Å²) in [5, 5.41) is 19.9. The lowest BCUT2D eigenvalue weighted by Gasteiger charge is -2.32. The zero-order chi connectivity index (χ0) is 21.2. The number of aromatic nitrogens is 2. The van der Waals surface area contributed by atoms with Crippen LogP contribution in [-0.2, 0) is 10.2 Å². The van der Waals surface area contributed by atoms with Gasteiger partial charge in [-0.2, -0.15) is 5.26 Å². The molecule has 1 unspecified atom stereocenters. The maximum atomic E-state index is 11.5. The molecule has 1 aromatic carbocycles. The van der Waals surface area contributed by atoms with Crippen molar-refractivity contribution in [2.45, 2.75) is 44.2 Å². The highest BCUT2D eigenvalue weighted by atomic mass is 32.2. The Labute approximate surface area is 176 Å². The van der Waals surface area contributed by atoms with Crippen LogP contribution in [0.15, 0.2) is 29.4 Å². The maximum absolute atomic E-state index is 11.5. The molecule has 1 saturated heterocycles. The van der Waals surface area contributed by atoms with E-state index in [2.05, 4.69) is 48.9 Å². The Hall–Kier alpha value is -2.59. The van der Waals surface area contributed by atoms with Gasteiger partial charge in [-0.3, -0.25) is 4.79 Å². The summed E-state index contributed by atoms with van der Waals surface area (Å²) in [6.45, 7) is 7.52. The molecule has 1 fully saturated rings. The molecule has 0 saturated carbocycles. The summed E-state index contributed by atoms with van der Waals surface area (Å²) in [7, 11) is 0. The summed E-state index contributed by atoms with van der Waals surface area (Å²) in [6.07, 6.45) is 3.30. The van der Waals surface area contributed by atoms with Crippen molar-refractivity contribution >= 4 is 23.5 Å². The number of thioether (sulfide) groups is 1. The normalized spacial score (nSPS) is 17.1. The number of piperidine rings is 1. The molecule has 0 aliphatic carbocycles. The largest absolute Gasteiger partial charge is 0.481 e. The molecule has 1 aliphatic heterocycles. The smallest absolute Gasteiger partial charge is 0.308 e. The van der Waals surface area contributed by atoms with Crippen molar-refractivity contribution in [1.29, 1.82) is 5.26 Å². The van der Waals surface area contributed by atoms with Crippen molar-refractivity contribution < 1.29 is 9.90 Å². The number of carboxylic acids is 1. The van der Waals surface area contributed by atoms with Gasteiger partial charge in [-0.25, -0.2) is 9.97 Å². The van der Waals surface area contributed by atoms with Gasteiger partial charge in [0.2, 0.25) is 0 Å². The van der Waals surface area contributed by atoms with Crippen molar-refractivity contribution in [2.75, 3.05) is 24.2 Å². The van der Waals surface area contributed by atoms with Gasteiger partial charge >= 0.3 is 5.97 Å². The first-order valence-electron chi connectivity index (χ1n) is 9.69. The van der Waals surface area contributed by atoms with Gasteiger partial charge < -0.3 is 10.0 Å². The van der Waals surface area contributed by atoms with Crippen LogP contribution in [-0.4, -0.2) is 40.4 Å². The van der Waals surface area contributed by atoms with Crippen LogP contribution in [0.4, 0.5) is 5.82 Å². The molecule has 2 heterocycles. The van der Waals surface area contributed by atoms with Crippen LogP contribution in [0.25, 0.3) is 11.3 Å². The van der Waals surface area contributed by atoms with Crippen LogP contribution in [0, 0.1) is 17.2 Å². The second-order valence-corrected chi connectivity index (χ2v) is 9.09. The molecule has 0 bridgehead atoms. The highest BCUT2D eigenvalue weighted by Gasteiger charge is 2.29. The van der Waals surface area contributed by atoms with Crippen molar-refractivity contribution in [3.63, 3.8) is 0 Å². The molecule has 3 rings (SSSR count). The lowest BCUT2D eigenvalue weighted by atomic mass is 9.86. The number of rotatable bonds is 4. The number of aliphatic carboxylic acids is 1. The van der Waals surface area contributed by atoms with E-state index in [4.69, 9.17) is 0 Å². The molecule has 2 aromatic rings.